The average Bonchev–Trinajstić information content (AvgIpc) is 2.58. The van der Waals surface area contributed by atoms with Crippen LogP contribution in [0.25, 0.3) is 0 Å². The lowest BCUT2D eigenvalue weighted by atomic mass is 9.74. The van der Waals surface area contributed by atoms with Gasteiger partial charge in [0.2, 0.25) is 11.8 Å². The summed E-state index contributed by atoms with van der Waals surface area (Å²) in [4.78, 5) is 26.4. The first-order chi connectivity index (χ1) is 10.9. The summed E-state index contributed by atoms with van der Waals surface area (Å²) in [5, 5.41) is 0.671. The van der Waals surface area contributed by atoms with E-state index in [9.17, 15) is 9.59 Å². The number of carbonyl (C=O) groups is 2. The third-order valence-electron chi connectivity index (χ3n) is 5.20. The van der Waals surface area contributed by atoms with Crippen LogP contribution in [0, 0.1) is 5.92 Å². The van der Waals surface area contributed by atoms with Crippen LogP contribution in [0.15, 0.2) is 24.3 Å². The maximum atomic E-state index is 13.2. The Kier molecular flexibility index (Phi) is 5.69. The minimum Gasteiger partial charge on any atom is -0.369 e. The van der Waals surface area contributed by atoms with Crippen LogP contribution in [0.3, 0.4) is 0 Å². The minimum absolute atomic E-state index is 0.104. The first-order valence-electron chi connectivity index (χ1n) is 8.29. The molecule has 0 spiro atoms. The first kappa shape index (κ1) is 17.8. The Hall–Kier alpha value is -1.55. The highest BCUT2D eigenvalue weighted by atomic mass is 35.5. The number of rotatable bonds is 5. The summed E-state index contributed by atoms with van der Waals surface area (Å²) < 4.78 is 0. The van der Waals surface area contributed by atoms with Crippen LogP contribution in [0.1, 0.15) is 45.1 Å². The van der Waals surface area contributed by atoms with Gasteiger partial charge in [0.1, 0.15) is 0 Å². The van der Waals surface area contributed by atoms with Gasteiger partial charge in [-0.1, -0.05) is 37.6 Å². The Balaban J connectivity index is 2.22. The number of hydrogen-bond donors (Lipinski definition) is 1. The highest BCUT2D eigenvalue weighted by Gasteiger charge is 2.41. The standard InChI is InChI=1S/C18H25ClN2O2/c1-3-18(4-2,14-5-7-15(19)8-6-14)17(23)21-11-9-13(10-12-21)16(20)22/h5-8,13H,3-4,9-12H2,1-2H3,(H2,20,22). The molecule has 1 aliphatic rings. The van der Waals surface area contributed by atoms with E-state index in [2.05, 4.69) is 0 Å². The van der Waals surface area contributed by atoms with Crippen LogP contribution in [0.5, 0.6) is 0 Å². The molecule has 126 valence electrons. The molecule has 2 N–H and O–H groups in total. The van der Waals surface area contributed by atoms with Crippen molar-refractivity contribution >= 4 is 23.4 Å². The average molecular weight is 337 g/mol. The van der Waals surface area contributed by atoms with Crippen molar-refractivity contribution < 1.29 is 9.59 Å². The van der Waals surface area contributed by atoms with Crippen LogP contribution in [0.2, 0.25) is 5.02 Å². The van der Waals surface area contributed by atoms with Gasteiger partial charge in [-0.2, -0.15) is 0 Å². The van der Waals surface area contributed by atoms with Crippen molar-refractivity contribution in [2.75, 3.05) is 13.1 Å². The molecule has 0 aliphatic carbocycles. The van der Waals surface area contributed by atoms with E-state index in [1.54, 1.807) is 0 Å². The molecule has 0 bridgehead atoms. The molecule has 23 heavy (non-hydrogen) atoms. The molecule has 0 atom stereocenters. The topological polar surface area (TPSA) is 63.4 Å². The number of amides is 2. The lowest BCUT2D eigenvalue weighted by molar-refractivity contribution is -0.140. The van der Waals surface area contributed by atoms with E-state index in [4.69, 9.17) is 17.3 Å². The van der Waals surface area contributed by atoms with Gasteiger partial charge in [-0.05, 0) is 43.4 Å². The second-order valence-corrected chi connectivity index (χ2v) is 6.70. The molecule has 1 fully saturated rings. The molecule has 1 aromatic carbocycles. The van der Waals surface area contributed by atoms with E-state index >= 15 is 0 Å². The third kappa shape index (κ3) is 3.52. The molecule has 1 aliphatic heterocycles. The van der Waals surface area contributed by atoms with Crippen LogP contribution < -0.4 is 5.73 Å². The molecule has 0 saturated carbocycles. The van der Waals surface area contributed by atoms with Crippen molar-refractivity contribution in [3.8, 4) is 0 Å². The summed E-state index contributed by atoms with van der Waals surface area (Å²) >= 11 is 5.98. The Morgan fingerprint density at radius 3 is 2.13 bits per heavy atom. The van der Waals surface area contributed by atoms with Gasteiger partial charge in [0, 0.05) is 24.0 Å². The van der Waals surface area contributed by atoms with Crippen LogP contribution >= 0.6 is 11.6 Å². The quantitative estimate of drug-likeness (QED) is 0.897. The van der Waals surface area contributed by atoms with E-state index in [0.717, 1.165) is 18.4 Å². The van der Waals surface area contributed by atoms with Gasteiger partial charge < -0.3 is 10.6 Å². The zero-order chi connectivity index (χ0) is 17.0. The Labute approximate surface area is 143 Å². The predicted octanol–water partition coefficient (Wildman–Crippen LogP) is 3.12. The number of likely N-dealkylation sites (tertiary alicyclic amines) is 1. The first-order valence-corrected chi connectivity index (χ1v) is 8.67. The molecule has 0 unspecified atom stereocenters. The molecular weight excluding hydrogens is 312 g/mol. The number of benzene rings is 1. The lowest BCUT2D eigenvalue weighted by Gasteiger charge is -2.39. The highest BCUT2D eigenvalue weighted by molar-refractivity contribution is 6.30. The van der Waals surface area contributed by atoms with Gasteiger partial charge >= 0.3 is 0 Å². The number of carbonyl (C=O) groups excluding carboxylic acids is 2. The summed E-state index contributed by atoms with van der Waals surface area (Å²) in [6.45, 7) is 5.29. The highest BCUT2D eigenvalue weighted by Crippen LogP contribution is 2.35. The van der Waals surface area contributed by atoms with Crippen LogP contribution in [-0.4, -0.2) is 29.8 Å². The van der Waals surface area contributed by atoms with Gasteiger partial charge in [-0.25, -0.2) is 0 Å². The molecule has 1 saturated heterocycles. The van der Waals surface area contributed by atoms with Crippen molar-refractivity contribution in [3.05, 3.63) is 34.9 Å². The third-order valence-corrected chi connectivity index (χ3v) is 5.45. The number of hydrogen-bond acceptors (Lipinski definition) is 2. The lowest BCUT2D eigenvalue weighted by Crippen LogP contribution is -2.50. The summed E-state index contributed by atoms with van der Waals surface area (Å²) in [7, 11) is 0. The number of nitrogens with two attached hydrogens (primary N) is 1. The molecule has 1 aromatic rings. The predicted molar refractivity (Wildman–Crippen MR) is 92.2 cm³/mol. The molecule has 2 rings (SSSR count). The number of piperidine rings is 1. The van der Waals surface area contributed by atoms with Crippen molar-refractivity contribution in [3.63, 3.8) is 0 Å². The zero-order valence-corrected chi connectivity index (χ0v) is 14.6. The maximum Gasteiger partial charge on any atom is 0.233 e. The van der Waals surface area contributed by atoms with E-state index in [-0.39, 0.29) is 17.7 Å². The molecule has 2 amide bonds. The van der Waals surface area contributed by atoms with Gasteiger partial charge in [-0.3, -0.25) is 9.59 Å². The van der Waals surface area contributed by atoms with Gasteiger partial charge in [0.15, 0.2) is 0 Å². The largest absolute Gasteiger partial charge is 0.369 e. The molecular formula is C18H25ClN2O2. The maximum absolute atomic E-state index is 13.2. The molecule has 4 nitrogen and oxygen atoms in total. The van der Waals surface area contributed by atoms with E-state index in [1.165, 1.54) is 0 Å². The fourth-order valence-corrected chi connectivity index (χ4v) is 3.65. The second kappa shape index (κ2) is 7.35. The van der Waals surface area contributed by atoms with Gasteiger partial charge in [0.05, 0.1) is 5.41 Å². The van der Waals surface area contributed by atoms with Crippen molar-refractivity contribution in [1.82, 2.24) is 4.90 Å². The molecule has 0 radical (unpaired) electrons. The van der Waals surface area contributed by atoms with E-state index in [0.29, 0.717) is 31.0 Å². The number of halogens is 1. The van der Waals surface area contributed by atoms with E-state index in [1.807, 2.05) is 43.0 Å². The molecule has 1 heterocycles. The smallest absolute Gasteiger partial charge is 0.233 e. The SMILES string of the molecule is CCC(CC)(C(=O)N1CCC(C(N)=O)CC1)c1ccc(Cl)cc1. The van der Waals surface area contributed by atoms with E-state index < -0.39 is 5.41 Å². The van der Waals surface area contributed by atoms with Gasteiger partial charge in [0.25, 0.3) is 0 Å². The normalized spacial score (nSPS) is 16.4. The van der Waals surface area contributed by atoms with Crippen molar-refractivity contribution in [2.24, 2.45) is 11.7 Å². The molecule has 5 heteroatoms. The fraction of sp³-hybridized carbons (Fsp3) is 0.556. The Morgan fingerprint density at radius 2 is 1.70 bits per heavy atom. The Bertz CT molecular complexity index is 559. The van der Waals surface area contributed by atoms with Crippen LogP contribution in [-0.2, 0) is 15.0 Å². The number of primary amides is 1. The summed E-state index contributed by atoms with van der Waals surface area (Å²) in [6.07, 6.45) is 2.79. The van der Waals surface area contributed by atoms with Crippen molar-refractivity contribution in [2.45, 2.75) is 44.9 Å². The fourth-order valence-electron chi connectivity index (χ4n) is 3.52. The second-order valence-electron chi connectivity index (χ2n) is 6.26. The Morgan fingerprint density at radius 1 is 1.17 bits per heavy atom. The monoisotopic (exact) mass is 336 g/mol. The summed E-state index contributed by atoms with van der Waals surface area (Å²) in [6, 6.07) is 7.57. The minimum atomic E-state index is -0.524. The zero-order valence-electron chi connectivity index (χ0n) is 13.8. The van der Waals surface area contributed by atoms with Crippen molar-refractivity contribution in [1.29, 1.82) is 0 Å². The number of nitrogens with zero attached hydrogens (tertiary/aromatic N) is 1. The summed E-state index contributed by atoms with van der Waals surface area (Å²) in [5.41, 5.74) is 5.86. The summed E-state index contributed by atoms with van der Waals surface area (Å²) in [5.74, 6) is -0.216. The van der Waals surface area contributed by atoms with Gasteiger partial charge in [-0.15, -0.1) is 0 Å². The molecule has 0 aromatic heterocycles. The van der Waals surface area contributed by atoms with Crippen LogP contribution in [0.4, 0.5) is 0 Å².